The van der Waals surface area contributed by atoms with Gasteiger partial charge in [0.2, 0.25) is 0 Å². The van der Waals surface area contributed by atoms with Gasteiger partial charge in [-0.05, 0) is 61.9 Å². The van der Waals surface area contributed by atoms with Crippen LogP contribution in [0.3, 0.4) is 0 Å². The molecule has 9 heteroatoms. The highest BCUT2D eigenvalue weighted by Gasteiger charge is 2.31. The topological polar surface area (TPSA) is 83.7 Å². The average molecular weight is 510 g/mol. The van der Waals surface area contributed by atoms with E-state index in [1.807, 2.05) is 6.07 Å². The lowest BCUT2D eigenvalue weighted by atomic mass is 9.82. The van der Waals surface area contributed by atoms with Crippen molar-refractivity contribution in [2.24, 2.45) is 5.92 Å². The highest BCUT2D eigenvalue weighted by molar-refractivity contribution is 5.96. The minimum atomic E-state index is -0.286. The van der Waals surface area contributed by atoms with E-state index in [-0.39, 0.29) is 5.82 Å². The van der Waals surface area contributed by atoms with Gasteiger partial charge in [-0.3, -0.25) is 9.69 Å². The molecule has 1 aromatic carbocycles. The Morgan fingerprint density at radius 1 is 1.05 bits per heavy atom. The van der Waals surface area contributed by atoms with Gasteiger partial charge in [0.05, 0.1) is 35.7 Å². The van der Waals surface area contributed by atoms with Crippen LogP contribution in [0.15, 0.2) is 30.3 Å². The van der Waals surface area contributed by atoms with Crippen LogP contribution in [0, 0.1) is 11.7 Å². The van der Waals surface area contributed by atoms with Gasteiger partial charge in [-0.1, -0.05) is 6.42 Å². The SMILES string of the molecule is CO.O=Cc1cc(N2CCC(CN3CCOCC3)CC2)c2c(C3CCC3)nn(-c3ccc(F)cc3)c2n1. The molecular weight excluding hydrogens is 473 g/mol. The fourth-order valence-electron chi connectivity index (χ4n) is 5.69. The molecule has 3 fully saturated rings. The Balaban J connectivity index is 0.00000137. The second kappa shape index (κ2) is 11.7. The van der Waals surface area contributed by atoms with Crippen LogP contribution in [0.4, 0.5) is 10.1 Å². The number of piperidine rings is 1. The first-order chi connectivity index (χ1) is 18.2. The molecule has 4 heterocycles. The number of halogens is 1. The fourth-order valence-corrected chi connectivity index (χ4v) is 5.69. The molecule has 0 radical (unpaired) electrons. The van der Waals surface area contributed by atoms with Crippen molar-refractivity contribution in [3.05, 3.63) is 47.5 Å². The average Bonchev–Trinajstić information content (AvgIpc) is 3.28. The second-order valence-electron chi connectivity index (χ2n) is 10.1. The molecule has 0 spiro atoms. The van der Waals surface area contributed by atoms with Gasteiger partial charge in [0.15, 0.2) is 11.9 Å². The Hall–Kier alpha value is -2.88. The van der Waals surface area contributed by atoms with Crippen LogP contribution >= 0.6 is 0 Å². The van der Waals surface area contributed by atoms with Crippen molar-refractivity contribution in [2.75, 3.05) is 57.9 Å². The summed E-state index contributed by atoms with van der Waals surface area (Å²) in [6, 6.07) is 8.26. The molecule has 2 aromatic heterocycles. The number of aromatic nitrogens is 3. The number of carbonyl (C=O) groups excluding carboxylic acids is 1. The summed E-state index contributed by atoms with van der Waals surface area (Å²) in [5.41, 5.74) is 3.98. The summed E-state index contributed by atoms with van der Waals surface area (Å²) in [6.07, 6.45) is 6.51. The molecule has 0 amide bonds. The number of aliphatic hydroxyl groups is 1. The predicted molar refractivity (Wildman–Crippen MR) is 141 cm³/mol. The fraction of sp³-hybridized carbons (Fsp3) is 0.536. The number of pyridine rings is 1. The highest BCUT2D eigenvalue weighted by Crippen LogP contribution is 2.43. The molecule has 1 N–H and O–H groups in total. The van der Waals surface area contributed by atoms with E-state index in [0.29, 0.717) is 23.2 Å². The summed E-state index contributed by atoms with van der Waals surface area (Å²) in [5, 5.41) is 13.1. The summed E-state index contributed by atoms with van der Waals surface area (Å²) in [5.74, 6) is 0.799. The monoisotopic (exact) mass is 509 g/mol. The predicted octanol–water partition coefficient (Wildman–Crippen LogP) is 3.80. The molecule has 0 bridgehead atoms. The summed E-state index contributed by atoms with van der Waals surface area (Å²) in [6.45, 7) is 6.78. The van der Waals surface area contributed by atoms with Crippen molar-refractivity contribution < 1.29 is 19.0 Å². The lowest BCUT2D eigenvalue weighted by Gasteiger charge is -2.37. The quantitative estimate of drug-likeness (QED) is 0.506. The maximum Gasteiger partial charge on any atom is 0.168 e. The first-order valence-corrected chi connectivity index (χ1v) is 13.3. The van der Waals surface area contributed by atoms with Crippen LogP contribution in [0.1, 0.15) is 54.2 Å². The van der Waals surface area contributed by atoms with Crippen LogP contribution in [-0.4, -0.2) is 84.1 Å². The van der Waals surface area contributed by atoms with E-state index >= 15 is 0 Å². The Bertz CT molecular complexity index is 1200. The minimum absolute atomic E-state index is 0.286. The van der Waals surface area contributed by atoms with Gasteiger partial charge in [-0.15, -0.1) is 0 Å². The van der Waals surface area contributed by atoms with Crippen molar-refractivity contribution in [1.82, 2.24) is 19.7 Å². The molecule has 3 aromatic rings. The number of hydrogen-bond donors (Lipinski definition) is 1. The maximum atomic E-state index is 13.6. The molecule has 8 nitrogen and oxygen atoms in total. The van der Waals surface area contributed by atoms with Crippen molar-refractivity contribution in [1.29, 1.82) is 0 Å². The largest absolute Gasteiger partial charge is 0.400 e. The molecule has 2 saturated heterocycles. The van der Waals surface area contributed by atoms with Crippen molar-refractivity contribution >= 4 is 23.0 Å². The van der Waals surface area contributed by atoms with Gasteiger partial charge in [0.1, 0.15) is 11.5 Å². The van der Waals surface area contributed by atoms with Crippen molar-refractivity contribution in [3.63, 3.8) is 0 Å². The number of carbonyl (C=O) groups is 1. The number of aldehydes is 1. The Labute approximate surface area is 217 Å². The number of anilines is 1. The molecule has 0 atom stereocenters. The second-order valence-corrected chi connectivity index (χ2v) is 10.1. The summed E-state index contributed by atoms with van der Waals surface area (Å²) < 4.78 is 20.9. The number of hydrogen-bond acceptors (Lipinski definition) is 7. The summed E-state index contributed by atoms with van der Waals surface area (Å²) >= 11 is 0. The summed E-state index contributed by atoms with van der Waals surface area (Å²) in [4.78, 5) is 21.5. The molecule has 0 unspecified atom stereocenters. The van der Waals surface area contributed by atoms with Crippen molar-refractivity contribution in [3.8, 4) is 5.69 Å². The first kappa shape index (κ1) is 25.8. The van der Waals surface area contributed by atoms with E-state index in [0.717, 1.165) is 107 Å². The highest BCUT2D eigenvalue weighted by atomic mass is 19.1. The zero-order valence-corrected chi connectivity index (χ0v) is 21.5. The lowest BCUT2D eigenvalue weighted by molar-refractivity contribution is 0.0289. The number of aliphatic hydroxyl groups excluding tert-OH is 1. The van der Waals surface area contributed by atoms with E-state index in [1.54, 1.807) is 16.8 Å². The Morgan fingerprint density at radius 3 is 2.38 bits per heavy atom. The van der Waals surface area contributed by atoms with Crippen LogP contribution in [-0.2, 0) is 4.74 Å². The van der Waals surface area contributed by atoms with E-state index in [2.05, 4.69) is 9.80 Å². The molecule has 6 rings (SSSR count). The molecule has 3 aliphatic rings. The van der Waals surface area contributed by atoms with Gasteiger partial charge in [-0.2, -0.15) is 5.10 Å². The lowest BCUT2D eigenvalue weighted by Crippen LogP contribution is -2.43. The Morgan fingerprint density at radius 2 is 1.76 bits per heavy atom. The zero-order chi connectivity index (χ0) is 25.8. The normalized spacial score (nSPS) is 19.4. The van der Waals surface area contributed by atoms with Crippen LogP contribution in [0.2, 0.25) is 0 Å². The van der Waals surface area contributed by atoms with Gasteiger partial charge >= 0.3 is 0 Å². The number of morpholine rings is 1. The van der Waals surface area contributed by atoms with Crippen LogP contribution in [0.5, 0.6) is 0 Å². The molecular formula is C28H36FN5O3. The molecule has 2 aliphatic heterocycles. The number of rotatable bonds is 6. The summed E-state index contributed by atoms with van der Waals surface area (Å²) in [7, 11) is 1.00. The molecule has 1 aliphatic carbocycles. The Kier molecular flexibility index (Phi) is 8.12. The third-order valence-corrected chi connectivity index (χ3v) is 7.92. The smallest absolute Gasteiger partial charge is 0.168 e. The number of ether oxygens (including phenoxy) is 1. The third kappa shape index (κ3) is 5.39. The third-order valence-electron chi connectivity index (χ3n) is 7.92. The standard InChI is InChI=1S/C27H32FN5O2.CH4O/c28-21-4-6-23(7-5-21)33-27-25(26(30-33)20-2-1-3-20)24(16-22(18-34)29-27)32-10-8-19(9-11-32)17-31-12-14-35-15-13-31;1-2/h4-7,16,18-20H,1-3,8-15,17H2;2H,1H3. The van der Waals surface area contributed by atoms with Gasteiger partial charge in [0.25, 0.3) is 0 Å². The van der Waals surface area contributed by atoms with E-state index in [1.165, 1.54) is 18.6 Å². The van der Waals surface area contributed by atoms with Gasteiger partial charge < -0.3 is 14.7 Å². The first-order valence-electron chi connectivity index (χ1n) is 13.3. The van der Waals surface area contributed by atoms with Gasteiger partial charge in [-0.25, -0.2) is 14.1 Å². The number of benzene rings is 1. The minimum Gasteiger partial charge on any atom is -0.400 e. The van der Waals surface area contributed by atoms with Crippen molar-refractivity contribution in [2.45, 2.75) is 38.0 Å². The zero-order valence-electron chi connectivity index (χ0n) is 21.5. The van der Waals surface area contributed by atoms with E-state index < -0.39 is 0 Å². The molecule has 1 saturated carbocycles. The van der Waals surface area contributed by atoms with Crippen LogP contribution in [0.25, 0.3) is 16.7 Å². The maximum absolute atomic E-state index is 13.6. The van der Waals surface area contributed by atoms with Crippen LogP contribution < -0.4 is 4.90 Å². The van der Waals surface area contributed by atoms with Gasteiger partial charge in [0, 0.05) is 45.8 Å². The van der Waals surface area contributed by atoms with E-state index in [9.17, 15) is 9.18 Å². The molecule has 198 valence electrons. The van der Waals surface area contributed by atoms with E-state index in [4.69, 9.17) is 19.9 Å². The molecule has 37 heavy (non-hydrogen) atoms. The number of fused-ring (bicyclic) bond motifs is 1. The number of nitrogens with zero attached hydrogens (tertiary/aromatic N) is 5.